The second-order valence-corrected chi connectivity index (χ2v) is 10.2. The van der Waals surface area contributed by atoms with Crippen molar-refractivity contribution in [3.63, 3.8) is 0 Å². The Hall–Kier alpha value is -2.90. The van der Waals surface area contributed by atoms with Crippen molar-refractivity contribution in [1.29, 1.82) is 0 Å². The van der Waals surface area contributed by atoms with Crippen molar-refractivity contribution in [1.82, 2.24) is 19.1 Å². The number of hydrogen-bond donors (Lipinski definition) is 3. The van der Waals surface area contributed by atoms with Gasteiger partial charge in [0.05, 0.1) is 21.8 Å². The number of aromatic hydroxyl groups is 1. The Morgan fingerprint density at radius 1 is 1.09 bits per heavy atom. The first-order chi connectivity index (χ1) is 16.1. The Labute approximate surface area is 202 Å². The van der Waals surface area contributed by atoms with Crippen LogP contribution >= 0.6 is 23.2 Å². The quantitative estimate of drug-likeness (QED) is 0.453. The predicted octanol–water partition coefficient (Wildman–Crippen LogP) is 1.87. The molecule has 0 saturated carbocycles. The number of nitrogens with one attached hydrogen (secondary N) is 1. The highest BCUT2D eigenvalue weighted by molar-refractivity contribution is 7.89. The summed E-state index contributed by atoms with van der Waals surface area (Å²) >= 11 is 12.6. The minimum absolute atomic E-state index is 0.0232. The van der Waals surface area contributed by atoms with Gasteiger partial charge in [0, 0.05) is 19.2 Å². The van der Waals surface area contributed by atoms with E-state index in [-0.39, 0.29) is 45.2 Å². The molecule has 0 radical (unpaired) electrons. The van der Waals surface area contributed by atoms with Gasteiger partial charge in [-0.25, -0.2) is 13.2 Å². The largest absolute Gasteiger partial charge is 0.507 e. The van der Waals surface area contributed by atoms with Gasteiger partial charge in [-0.1, -0.05) is 23.2 Å². The highest BCUT2D eigenvalue weighted by atomic mass is 35.5. The van der Waals surface area contributed by atoms with Gasteiger partial charge >= 0.3 is 5.69 Å². The Bertz CT molecular complexity index is 1440. The lowest BCUT2D eigenvalue weighted by Gasteiger charge is -2.29. The van der Waals surface area contributed by atoms with E-state index < -0.39 is 33.1 Å². The number of piperidine rings is 1. The van der Waals surface area contributed by atoms with Gasteiger partial charge in [-0.3, -0.25) is 9.78 Å². The minimum Gasteiger partial charge on any atom is -0.507 e. The van der Waals surface area contributed by atoms with Crippen LogP contribution in [0.5, 0.6) is 17.2 Å². The van der Waals surface area contributed by atoms with Crippen LogP contribution in [0.1, 0.15) is 12.8 Å². The molecule has 0 bridgehead atoms. The fraction of sp³-hybridized carbons (Fsp3) is 0.250. The zero-order valence-electron chi connectivity index (χ0n) is 17.3. The molecule has 0 aliphatic carbocycles. The number of halogens is 2. The zero-order chi connectivity index (χ0) is 24.6. The van der Waals surface area contributed by atoms with E-state index in [1.54, 1.807) is 0 Å². The molecule has 1 aliphatic heterocycles. The van der Waals surface area contributed by atoms with Crippen LogP contribution in [0.15, 0.2) is 51.0 Å². The highest BCUT2D eigenvalue weighted by Gasteiger charge is 2.31. The Morgan fingerprint density at radius 3 is 2.35 bits per heavy atom. The van der Waals surface area contributed by atoms with E-state index >= 15 is 0 Å². The van der Waals surface area contributed by atoms with Crippen LogP contribution in [-0.2, 0) is 10.0 Å². The molecule has 14 heteroatoms. The van der Waals surface area contributed by atoms with Crippen LogP contribution in [0.4, 0.5) is 0 Å². The lowest BCUT2D eigenvalue weighted by Crippen LogP contribution is -2.40. The molecule has 180 valence electrons. The van der Waals surface area contributed by atoms with Gasteiger partial charge in [0.25, 0.3) is 5.56 Å². The van der Waals surface area contributed by atoms with Crippen LogP contribution < -0.4 is 16.0 Å². The van der Waals surface area contributed by atoms with Gasteiger partial charge in [-0.2, -0.15) is 14.1 Å². The third-order valence-corrected chi connectivity index (χ3v) is 7.62. The van der Waals surface area contributed by atoms with Gasteiger partial charge < -0.3 is 14.9 Å². The van der Waals surface area contributed by atoms with Crippen LogP contribution in [0.2, 0.25) is 10.0 Å². The number of benzene rings is 2. The number of ether oxygens (including phenoxy) is 1. The molecule has 11 nitrogen and oxygen atoms in total. The molecule has 1 aliphatic rings. The Kier molecular flexibility index (Phi) is 6.69. The van der Waals surface area contributed by atoms with Gasteiger partial charge in [-0.15, -0.1) is 0 Å². The summed E-state index contributed by atoms with van der Waals surface area (Å²) in [5.74, 6) is -0.460. The Balaban J connectivity index is 1.66. The summed E-state index contributed by atoms with van der Waals surface area (Å²) in [4.78, 5) is 24.9. The summed E-state index contributed by atoms with van der Waals surface area (Å²) in [7, 11) is -4.05. The van der Waals surface area contributed by atoms with E-state index in [1.165, 1.54) is 28.6 Å². The van der Waals surface area contributed by atoms with Crippen LogP contribution in [0, 0.1) is 0 Å². The number of sulfonamides is 1. The number of nitrogens with zero attached hydrogens (tertiary/aromatic N) is 3. The molecule has 0 atom stereocenters. The first-order valence-corrected chi connectivity index (χ1v) is 12.1. The maximum atomic E-state index is 13.0. The van der Waals surface area contributed by atoms with Gasteiger partial charge in [0.1, 0.15) is 22.6 Å². The molecule has 0 spiro atoms. The average molecular weight is 529 g/mol. The van der Waals surface area contributed by atoms with Crippen molar-refractivity contribution < 1.29 is 23.4 Å². The SMILES string of the molecule is O=c1cnn(-c2cc(Cl)c(Oc3ccc(O)c(S(=O)(=O)N4CCC(O)CC4)c3)c(Cl)c2)c(=O)[nH]1. The number of aromatic nitrogens is 3. The maximum Gasteiger partial charge on any atom is 0.349 e. The fourth-order valence-electron chi connectivity index (χ4n) is 3.41. The number of aromatic amines is 1. The second-order valence-electron chi connectivity index (χ2n) is 7.46. The number of aliphatic hydroxyl groups excluding tert-OH is 1. The summed E-state index contributed by atoms with van der Waals surface area (Å²) in [6.45, 7) is 0.233. The van der Waals surface area contributed by atoms with E-state index in [0.717, 1.165) is 16.9 Å². The molecule has 1 fully saturated rings. The summed E-state index contributed by atoms with van der Waals surface area (Å²) in [5.41, 5.74) is -1.31. The molecule has 3 aromatic rings. The zero-order valence-corrected chi connectivity index (χ0v) is 19.6. The summed E-state index contributed by atoms with van der Waals surface area (Å²) in [6, 6.07) is 6.30. The molecule has 2 heterocycles. The molecule has 1 saturated heterocycles. The van der Waals surface area contributed by atoms with Gasteiger partial charge in [0.15, 0.2) is 5.75 Å². The number of rotatable bonds is 5. The maximum absolute atomic E-state index is 13.0. The monoisotopic (exact) mass is 528 g/mol. The second kappa shape index (κ2) is 9.39. The Morgan fingerprint density at radius 2 is 1.74 bits per heavy atom. The molecule has 4 rings (SSSR count). The molecule has 34 heavy (non-hydrogen) atoms. The molecule has 1 aromatic heterocycles. The molecular formula is C20H18Cl2N4O7S. The van der Waals surface area contributed by atoms with E-state index in [1.807, 2.05) is 0 Å². The van der Waals surface area contributed by atoms with E-state index in [9.17, 15) is 28.2 Å². The van der Waals surface area contributed by atoms with Gasteiger partial charge in [-0.05, 0) is 37.1 Å². The third-order valence-electron chi connectivity index (χ3n) is 5.13. The lowest BCUT2D eigenvalue weighted by molar-refractivity contribution is 0.113. The number of phenols is 1. The molecule has 3 N–H and O–H groups in total. The topological polar surface area (TPSA) is 155 Å². The number of hydrogen-bond acceptors (Lipinski definition) is 8. The minimum atomic E-state index is -4.05. The molecule has 2 aromatic carbocycles. The fourth-order valence-corrected chi connectivity index (χ4v) is 5.53. The standard InChI is InChI=1S/C20H18Cl2N4O7S/c21-14-7-11(26-20(30)24-18(29)10-23-26)8-15(22)19(14)33-13-1-2-16(28)17(9-13)34(31,32)25-5-3-12(27)4-6-25/h1-2,7-10,12,27-28H,3-6H2,(H,24,29,30). The van der Waals surface area contributed by atoms with E-state index in [4.69, 9.17) is 27.9 Å². The highest BCUT2D eigenvalue weighted by Crippen LogP contribution is 2.40. The van der Waals surface area contributed by atoms with E-state index in [0.29, 0.717) is 12.8 Å². The predicted molar refractivity (Wildman–Crippen MR) is 123 cm³/mol. The normalized spacial score (nSPS) is 15.4. The van der Waals surface area contributed by atoms with Crippen molar-refractivity contribution in [3.8, 4) is 22.9 Å². The van der Waals surface area contributed by atoms with Crippen molar-refractivity contribution >= 4 is 33.2 Å². The van der Waals surface area contributed by atoms with Crippen LogP contribution in [-0.4, -0.2) is 56.9 Å². The summed E-state index contributed by atoms with van der Waals surface area (Å²) in [5, 5.41) is 23.5. The van der Waals surface area contributed by atoms with E-state index in [2.05, 4.69) is 10.1 Å². The number of aliphatic hydroxyl groups is 1. The van der Waals surface area contributed by atoms with Crippen molar-refractivity contribution in [3.05, 3.63) is 67.4 Å². The first kappa shape index (κ1) is 24.2. The summed E-state index contributed by atoms with van der Waals surface area (Å²) < 4.78 is 33.8. The molecule has 0 amide bonds. The number of phenolic OH excluding ortho intramolecular Hbond substituents is 1. The molecule has 0 unspecified atom stereocenters. The number of H-pyrrole nitrogens is 1. The van der Waals surface area contributed by atoms with Crippen molar-refractivity contribution in [2.24, 2.45) is 0 Å². The van der Waals surface area contributed by atoms with Gasteiger partial charge in [0.2, 0.25) is 10.0 Å². The molecular weight excluding hydrogens is 511 g/mol. The average Bonchev–Trinajstić information content (AvgIpc) is 2.77. The van der Waals surface area contributed by atoms with Crippen LogP contribution in [0.25, 0.3) is 5.69 Å². The smallest absolute Gasteiger partial charge is 0.349 e. The van der Waals surface area contributed by atoms with Crippen LogP contribution in [0.3, 0.4) is 0 Å². The first-order valence-electron chi connectivity index (χ1n) is 9.93. The summed E-state index contributed by atoms with van der Waals surface area (Å²) in [6.07, 6.45) is 0.931. The van der Waals surface area contributed by atoms with Crippen molar-refractivity contribution in [2.75, 3.05) is 13.1 Å². The third kappa shape index (κ3) is 4.81. The van der Waals surface area contributed by atoms with Crippen molar-refractivity contribution in [2.45, 2.75) is 23.8 Å². The lowest BCUT2D eigenvalue weighted by atomic mass is 10.1.